The SMILES string of the molecule is O=C(Cc1ccc(Cl)cc1)N1CCC(c2nnc(CC3CCCC3)s2)CC1. The quantitative estimate of drug-likeness (QED) is 0.715. The van der Waals surface area contributed by atoms with Gasteiger partial charge in [-0.3, -0.25) is 4.79 Å². The van der Waals surface area contributed by atoms with Crippen molar-refractivity contribution < 1.29 is 4.79 Å². The van der Waals surface area contributed by atoms with E-state index in [-0.39, 0.29) is 5.91 Å². The van der Waals surface area contributed by atoms with E-state index in [0.717, 1.165) is 43.8 Å². The number of piperidine rings is 1. The molecule has 1 aliphatic carbocycles. The summed E-state index contributed by atoms with van der Waals surface area (Å²) in [6.07, 6.45) is 8.99. The molecular formula is C21H26ClN3OS. The summed E-state index contributed by atoms with van der Waals surface area (Å²) in [6, 6.07) is 7.55. The molecule has 4 nitrogen and oxygen atoms in total. The van der Waals surface area contributed by atoms with Gasteiger partial charge >= 0.3 is 0 Å². The van der Waals surface area contributed by atoms with Crippen LogP contribution in [0.1, 0.15) is 60.0 Å². The lowest BCUT2D eigenvalue weighted by Crippen LogP contribution is -2.38. The number of rotatable bonds is 5. The van der Waals surface area contributed by atoms with Crippen LogP contribution in [0.25, 0.3) is 0 Å². The summed E-state index contributed by atoms with van der Waals surface area (Å²) in [7, 11) is 0. The first-order valence-corrected chi connectivity index (χ1v) is 11.2. The Morgan fingerprint density at radius 3 is 2.48 bits per heavy atom. The molecule has 0 N–H and O–H groups in total. The Bertz CT molecular complexity index is 762. The third-order valence-electron chi connectivity index (χ3n) is 5.89. The number of nitrogens with zero attached hydrogens (tertiary/aromatic N) is 3. The predicted octanol–water partition coefficient (Wildman–Crippen LogP) is 4.87. The summed E-state index contributed by atoms with van der Waals surface area (Å²) in [5.74, 6) is 1.48. The number of amides is 1. The minimum atomic E-state index is 0.204. The lowest BCUT2D eigenvalue weighted by molar-refractivity contribution is -0.131. The van der Waals surface area contributed by atoms with Crippen LogP contribution in [0.2, 0.25) is 5.02 Å². The molecule has 1 saturated heterocycles. The van der Waals surface area contributed by atoms with E-state index >= 15 is 0 Å². The highest BCUT2D eigenvalue weighted by atomic mass is 35.5. The van der Waals surface area contributed by atoms with E-state index in [1.54, 1.807) is 11.3 Å². The summed E-state index contributed by atoms with van der Waals surface area (Å²) in [5.41, 5.74) is 1.02. The Morgan fingerprint density at radius 1 is 1.07 bits per heavy atom. The van der Waals surface area contributed by atoms with Crippen molar-refractivity contribution in [2.24, 2.45) is 5.92 Å². The topological polar surface area (TPSA) is 46.1 Å². The summed E-state index contributed by atoms with van der Waals surface area (Å²) >= 11 is 7.72. The molecule has 1 aliphatic heterocycles. The average molecular weight is 404 g/mol. The van der Waals surface area contributed by atoms with Crippen LogP contribution in [0.3, 0.4) is 0 Å². The van der Waals surface area contributed by atoms with E-state index in [1.807, 2.05) is 29.2 Å². The van der Waals surface area contributed by atoms with E-state index in [2.05, 4.69) is 10.2 Å². The van der Waals surface area contributed by atoms with Crippen molar-refractivity contribution in [3.63, 3.8) is 0 Å². The normalized spacial score (nSPS) is 18.9. The first-order chi connectivity index (χ1) is 13.2. The molecule has 1 aromatic carbocycles. The second-order valence-electron chi connectivity index (χ2n) is 7.85. The minimum absolute atomic E-state index is 0.204. The fourth-order valence-electron chi connectivity index (χ4n) is 4.24. The summed E-state index contributed by atoms with van der Waals surface area (Å²) < 4.78 is 0. The minimum Gasteiger partial charge on any atom is -0.342 e. The molecule has 2 aliphatic rings. The van der Waals surface area contributed by atoms with Crippen molar-refractivity contribution in [1.82, 2.24) is 15.1 Å². The second kappa shape index (κ2) is 8.70. The molecule has 2 aromatic rings. The maximum atomic E-state index is 12.6. The van der Waals surface area contributed by atoms with Gasteiger partial charge < -0.3 is 4.90 Å². The molecule has 2 heterocycles. The molecule has 0 unspecified atom stereocenters. The first-order valence-electron chi connectivity index (χ1n) is 10.0. The van der Waals surface area contributed by atoms with Gasteiger partial charge in [-0.15, -0.1) is 21.5 Å². The highest BCUT2D eigenvalue weighted by Crippen LogP contribution is 2.33. The van der Waals surface area contributed by atoms with Crippen LogP contribution in [-0.2, 0) is 17.6 Å². The molecule has 1 saturated carbocycles. The Labute approximate surface area is 169 Å². The summed E-state index contributed by atoms with van der Waals surface area (Å²) in [5, 5.41) is 12.0. The highest BCUT2D eigenvalue weighted by molar-refractivity contribution is 7.11. The van der Waals surface area contributed by atoms with Crippen molar-refractivity contribution in [1.29, 1.82) is 0 Å². The predicted molar refractivity (Wildman–Crippen MR) is 109 cm³/mol. The molecule has 0 bridgehead atoms. The molecule has 2 fully saturated rings. The molecule has 0 atom stereocenters. The van der Waals surface area contributed by atoms with Gasteiger partial charge in [0.15, 0.2) is 0 Å². The maximum absolute atomic E-state index is 12.6. The number of benzene rings is 1. The van der Waals surface area contributed by atoms with Crippen LogP contribution in [-0.4, -0.2) is 34.1 Å². The Hall–Kier alpha value is -1.46. The van der Waals surface area contributed by atoms with E-state index in [1.165, 1.54) is 35.7 Å². The van der Waals surface area contributed by atoms with Gasteiger partial charge in [-0.25, -0.2) is 0 Å². The zero-order chi connectivity index (χ0) is 18.6. The lowest BCUT2D eigenvalue weighted by atomic mass is 9.97. The maximum Gasteiger partial charge on any atom is 0.226 e. The smallest absolute Gasteiger partial charge is 0.226 e. The van der Waals surface area contributed by atoms with Crippen LogP contribution in [0, 0.1) is 5.92 Å². The van der Waals surface area contributed by atoms with Crippen LogP contribution in [0.15, 0.2) is 24.3 Å². The fourth-order valence-corrected chi connectivity index (χ4v) is 5.49. The Morgan fingerprint density at radius 2 is 1.78 bits per heavy atom. The summed E-state index contributed by atoms with van der Waals surface area (Å²) in [4.78, 5) is 14.6. The van der Waals surface area contributed by atoms with Gasteiger partial charge in [-0.1, -0.05) is 49.4 Å². The average Bonchev–Trinajstić information content (AvgIpc) is 3.36. The van der Waals surface area contributed by atoms with E-state index < -0.39 is 0 Å². The van der Waals surface area contributed by atoms with Gasteiger partial charge in [0.2, 0.25) is 5.91 Å². The van der Waals surface area contributed by atoms with Gasteiger partial charge in [-0.2, -0.15) is 0 Å². The molecule has 144 valence electrons. The van der Waals surface area contributed by atoms with E-state index in [4.69, 9.17) is 11.6 Å². The Kier molecular flexibility index (Phi) is 6.08. The molecule has 6 heteroatoms. The molecular weight excluding hydrogens is 378 g/mol. The van der Waals surface area contributed by atoms with Gasteiger partial charge in [0, 0.05) is 30.5 Å². The van der Waals surface area contributed by atoms with Gasteiger partial charge in [-0.05, 0) is 36.5 Å². The zero-order valence-corrected chi connectivity index (χ0v) is 17.1. The van der Waals surface area contributed by atoms with Crippen molar-refractivity contribution >= 4 is 28.8 Å². The van der Waals surface area contributed by atoms with Crippen molar-refractivity contribution in [2.45, 2.75) is 57.3 Å². The monoisotopic (exact) mass is 403 g/mol. The Balaban J connectivity index is 1.27. The van der Waals surface area contributed by atoms with Gasteiger partial charge in [0.05, 0.1) is 6.42 Å². The van der Waals surface area contributed by atoms with Crippen molar-refractivity contribution in [3.8, 4) is 0 Å². The molecule has 0 radical (unpaired) electrons. The van der Waals surface area contributed by atoms with Crippen molar-refractivity contribution in [3.05, 3.63) is 44.9 Å². The number of likely N-dealkylation sites (tertiary alicyclic amines) is 1. The largest absolute Gasteiger partial charge is 0.342 e. The first kappa shape index (κ1) is 18.9. The number of carbonyl (C=O) groups excluding carboxylic acids is 1. The van der Waals surface area contributed by atoms with Crippen LogP contribution < -0.4 is 0 Å². The lowest BCUT2D eigenvalue weighted by Gasteiger charge is -2.31. The van der Waals surface area contributed by atoms with Gasteiger partial charge in [0.25, 0.3) is 0 Å². The molecule has 0 spiro atoms. The van der Waals surface area contributed by atoms with Crippen LogP contribution in [0.5, 0.6) is 0 Å². The van der Waals surface area contributed by atoms with Crippen LogP contribution >= 0.6 is 22.9 Å². The molecule has 27 heavy (non-hydrogen) atoms. The number of hydrogen-bond donors (Lipinski definition) is 0. The number of halogens is 1. The highest BCUT2D eigenvalue weighted by Gasteiger charge is 2.27. The fraction of sp³-hybridized carbons (Fsp3) is 0.571. The molecule has 4 rings (SSSR count). The van der Waals surface area contributed by atoms with Gasteiger partial charge in [0.1, 0.15) is 10.0 Å². The van der Waals surface area contributed by atoms with E-state index in [0.29, 0.717) is 17.4 Å². The van der Waals surface area contributed by atoms with Crippen LogP contribution in [0.4, 0.5) is 0 Å². The summed E-state index contributed by atoms with van der Waals surface area (Å²) in [6.45, 7) is 1.63. The van der Waals surface area contributed by atoms with Crippen molar-refractivity contribution in [2.75, 3.05) is 13.1 Å². The standard InChI is InChI=1S/C21H26ClN3OS/c22-18-7-5-16(6-8-18)14-20(26)25-11-9-17(10-12-25)21-24-23-19(27-21)13-15-3-1-2-4-15/h5-8,15,17H,1-4,9-14H2. The zero-order valence-electron chi connectivity index (χ0n) is 15.6. The number of aromatic nitrogens is 2. The van der Waals surface area contributed by atoms with E-state index in [9.17, 15) is 4.79 Å². The molecule has 1 amide bonds. The second-order valence-corrected chi connectivity index (χ2v) is 9.38. The molecule has 1 aromatic heterocycles. The number of hydrogen-bond acceptors (Lipinski definition) is 4. The number of carbonyl (C=O) groups is 1. The third kappa shape index (κ3) is 4.88. The third-order valence-corrected chi connectivity index (χ3v) is 7.25.